The van der Waals surface area contributed by atoms with Gasteiger partial charge >= 0.3 is 0 Å². The Morgan fingerprint density at radius 3 is 2.19 bits per heavy atom. The molecular weight excluding hydrogens is 204 g/mol. The van der Waals surface area contributed by atoms with E-state index in [0.29, 0.717) is 36.1 Å². The normalized spacial score (nSPS) is 9.56. The van der Waals surface area contributed by atoms with Gasteiger partial charge in [-0.3, -0.25) is 9.59 Å². The highest BCUT2D eigenvalue weighted by atomic mass is 16.5. The number of aldehydes is 2. The molecule has 0 radical (unpaired) electrons. The van der Waals surface area contributed by atoms with Gasteiger partial charge in [0, 0.05) is 0 Å². The molecule has 0 aliphatic rings. The number of benzene rings is 1. The van der Waals surface area contributed by atoms with Crippen LogP contribution in [-0.4, -0.2) is 19.2 Å². The molecule has 0 saturated heterocycles. The summed E-state index contributed by atoms with van der Waals surface area (Å²) in [5.74, 6) is 0.359. The highest BCUT2D eigenvalue weighted by Crippen LogP contribution is 2.24. The molecule has 3 heteroatoms. The first kappa shape index (κ1) is 12.2. The quantitative estimate of drug-likeness (QED) is 0.689. The van der Waals surface area contributed by atoms with Crippen LogP contribution in [0.15, 0.2) is 18.7 Å². The second kappa shape index (κ2) is 5.85. The molecule has 3 nitrogen and oxygen atoms in total. The highest BCUT2D eigenvalue weighted by Gasteiger charge is 2.10. The van der Waals surface area contributed by atoms with Crippen molar-refractivity contribution in [3.63, 3.8) is 0 Å². The van der Waals surface area contributed by atoms with Crippen molar-refractivity contribution in [2.24, 2.45) is 0 Å². The molecule has 0 atom stereocenters. The Hall–Kier alpha value is -1.90. The lowest BCUT2D eigenvalue weighted by atomic mass is 10.1. The number of carbonyl (C=O) groups is 2. The zero-order valence-electron chi connectivity index (χ0n) is 9.23. The average molecular weight is 218 g/mol. The van der Waals surface area contributed by atoms with E-state index >= 15 is 0 Å². The van der Waals surface area contributed by atoms with Crippen LogP contribution in [0.25, 0.3) is 6.08 Å². The second-order valence-electron chi connectivity index (χ2n) is 3.32. The highest BCUT2D eigenvalue weighted by molar-refractivity contribution is 5.90. The molecule has 0 bridgehead atoms. The van der Waals surface area contributed by atoms with Gasteiger partial charge in [0.1, 0.15) is 5.75 Å². The monoisotopic (exact) mass is 218 g/mol. The first-order valence-electron chi connectivity index (χ1n) is 5.10. The van der Waals surface area contributed by atoms with E-state index in [1.54, 1.807) is 18.2 Å². The van der Waals surface area contributed by atoms with Gasteiger partial charge in [0.25, 0.3) is 0 Å². The van der Waals surface area contributed by atoms with Crippen LogP contribution < -0.4 is 4.74 Å². The van der Waals surface area contributed by atoms with Crippen LogP contribution in [0.3, 0.4) is 0 Å². The van der Waals surface area contributed by atoms with Crippen LogP contribution in [0.4, 0.5) is 0 Å². The molecule has 1 aromatic carbocycles. The molecule has 0 aromatic heterocycles. The van der Waals surface area contributed by atoms with Crippen LogP contribution in [0.2, 0.25) is 0 Å². The van der Waals surface area contributed by atoms with Gasteiger partial charge in [0.2, 0.25) is 0 Å². The Labute approximate surface area is 94.7 Å². The molecule has 1 aromatic rings. The number of ether oxygens (including phenoxy) is 1. The van der Waals surface area contributed by atoms with Crippen molar-refractivity contribution in [3.05, 3.63) is 35.4 Å². The summed E-state index contributed by atoms with van der Waals surface area (Å²) in [6, 6.07) is 3.30. The minimum Gasteiger partial charge on any atom is -0.492 e. The molecular formula is C13H14O3. The SMILES string of the molecule is C=Cc1cc(C=O)c(OCCC)c(C=O)c1. The van der Waals surface area contributed by atoms with E-state index in [9.17, 15) is 9.59 Å². The smallest absolute Gasteiger partial charge is 0.153 e. The summed E-state index contributed by atoms with van der Waals surface area (Å²) in [6.45, 7) is 6.04. The van der Waals surface area contributed by atoms with Crippen molar-refractivity contribution in [3.8, 4) is 5.75 Å². The van der Waals surface area contributed by atoms with E-state index in [-0.39, 0.29) is 0 Å². The molecule has 0 aliphatic carbocycles. The van der Waals surface area contributed by atoms with Gasteiger partial charge in [-0.15, -0.1) is 0 Å². The van der Waals surface area contributed by atoms with E-state index in [4.69, 9.17) is 4.74 Å². The third-order valence-corrected chi connectivity index (χ3v) is 2.11. The Bertz CT molecular complexity index is 379. The fourth-order valence-electron chi connectivity index (χ4n) is 1.36. The predicted octanol–water partition coefficient (Wildman–Crippen LogP) is 2.74. The summed E-state index contributed by atoms with van der Waals surface area (Å²) in [6.07, 6.45) is 3.78. The second-order valence-corrected chi connectivity index (χ2v) is 3.32. The van der Waals surface area contributed by atoms with Gasteiger partial charge in [0.15, 0.2) is 12.6 Å². The van der Waals surface area contributed by atoms with E-state index < -0.39 is 0 Å². The lowest BCUT2D eigenvalue weighted by Gasteiger charge is -2.10. The molecule has 0 heterocycles. The van der Waals surface area contributed by atoms with Gasteiger partial charge in [-0.1, -0.05) is 19.6 Å². The molecule has 16 heavy (non-hydrogen) atoms. The van der Waals surface area contributed by atoms with Crippen molar-refractivity contribution in [2.45, 2.75) is 13.3 Å². The van der Waals surface area contributed by atoms with Crippen molar-refractivity contribution in [1.82, 2.24) is 0 Å². The molecule has 0 amide bonds. The van der Waals surface area contributed by atoms with Crippen LogP contribution in [0, 0.1) is 0 Å². The van der Waals surface area contributed by atoms with Gasteiger partial charge in [-0.2, -0.15) is 0 Å². The minimum absolute atomic E-state index is 0.359. The van der Waals surface area contributed by atoms with E-state index in [0.717, 1.165) is 12.0 Å². The molecule has 0 spiro atoms. The maximum Gasteiger partial charge on any atom is 0.153 e. The molecule has 0 fully saturated rings. The molecule has 0 saturated carbocycles. The predicted molar refractivity (Wildman–Crippen MR) is 63.1 cm³/mol. The van der Waals surface area contributed by atoms with Gasteiger partial charge < -0.3 is 4.74 Å². The minimum atomic E-state index is 0.359. The Kier molecular flexibility index (Phi) is 4.45. The van der Waals surface area contributed by atoms with Crippen molar-refractivity contribution >= 4 is 18.6 Å². The molecule has 0 aliphatic heterocycles. The van der Waals surface area contributed by atoms with Crippen LogP contribution >= 0.6 is 0 Å². The van der Waals surface area contributed by atoms with Crippen LogP contribution in [0.5, 0.6) is 5.75 Å². The Balaban J connectivity index is 3.25. The number of hydrogen-bond donors (Lipinski definition) is 0. The molecule has 84 valence electrons. The number of carbonyl (C=O) groups excluding carboxylic acids is 2. The fraction of sp³-hybridized carbons (Fsp3) is 0.231. The molecule has 0 N–H and O–H groups in total. The topological polar surface area (TPSA) is 43.4 Å². The largest absolute Gasteiger partial charge is 0.492 e. The summed E-state index contributed by atoms with van der Waals surface area (Å²) in [4.78, 5) is 21.8. The average Bonchev–Trinajstić information content (AvgIpc) is 2.35. The van der Waals surface area contributed by atoms with Crippen molar-refractivity contribution < 1.29 is 14.3 Å². The summed E-state index contributed by atoms with van der Waals surface area (Å²) < 4.78 is 5.40. The van der Waals surface area contributed by atoms with Crippen LogP contribution in [-0.2, 0) is 0 Å². The molecule has 1 rings (SSSR count). The fourth-order valence-corrected chi connectivity index (χ4v) is 1.36. The maximum atomic E-state index is 10.9. The number of hydrogen-bond acceptors (Lipinski definition) is 3. The first-order valence-corrected chi connectivity index (χ1v) is 5.10. The lowest BCUT2D eigenvalue weighted by molar-refractivity contribution is 0.111. The maximum absolute atomic E-state index is 10.9. The number of rotatable bonds is 6. The lowest BCUT2D eigenvalue weighted by Crippen LogP contribution is -2.02. The van der Waals surface area contributed by atoms with Gasteiger partial charge in [-0.25, -0.2) is 0 Å². The molecule has 0 unspecified atom stereocenters. The van der Waals surface area contributed by atoms with E-state index in [1.165, 1.54) is 0 Å². The van der Waals surface area contributed by atoms with E-state index in [1.807, 2.05) is 6.92 Å². The third-order valence-electron chi connectivity index (χ3n) is 2.11. The zero-order chi connectivity index (χ0) is 12.0. The summed E-state index contributed by atoms with van der Waals surface area (Å²) >= 11 is 0. The summed E-state index contributed by atoms with van der Waals surface area (Å²) in [5, 5.41) is 0. The first-order chi connectivity index (χ1) is 7.76. The van der Waals surface area contributed by atoms with Crippen molar-refractivity contribution in [2.75, 3.05) is 6.61 Å². The van der Waals surface area contributed by atoms with Gasteiger partial charge in [-0.05, 0) is 24.1 Å². The summed E-state index contributed by atoms with van der Waals surface area (Å²) in [5.41, 5.74) is 1.49. The standard InChI is InChI=1S/C13H14O3/c1-3-5-16-13-11(8-14)6-10(4-2)7-12(13)9-15/h4,6-9H,2-3,5H2,1H3. The Morgan fingerprint density at radius 1 is 1.25 bits per heavy atom. The third kappa shape index (κ3) is 2.57. The summed E-state index contributed by atoms with van der Waals surface area (Å²) in [7, 11) is 0. The van der Waals surface area contributed by atoms with E-state index in [2.05, 4.69) is 6.58 Å². The van der Waals surface area contributed by atoms with Gasteiger partial charge in [0.05, 0.1) is 17.7 Å². The van der Waals surface area contributed by atoms with Crippen molar-refractivity contribution in [1.29, 1.82) is 0 Å². The Morgan fingerprint density at radius 2 is 1.81 bits per heavy atom. The zero-order valence-corrected chi connectivity index (χ0v) is 9.23. The van der Waals surface area contributed by atoms with Crippen LogP contribution in [0.1, 0.15) is 39.6 Å².